The van der Waals surface area contributed by atoms with Crippen molar-refractivity contribution >= 4 is 23.2 Å². The van der Waals surface area contributed by atoms with Crippen LogP contribution in [0, 0.1) is 11.8 Å². The minimum Gasteiger partial charge on any atom is -0.399 e. The third-order valence-corrected chi connectivity index (χ3v) is 7.76. The predicted octanol–water partition coefficient (Wildman–Crippen LogP) is 4.50. The molecule has 0 radical (unpaired) electrons. The van der Waals surface area contributed by atoms with Crippen molar-refractivity contribution in [1.82, 2.24) is 19.8 Å². The number of carbonyl (C=O) groups excluding carboxylic acids is 1. The van der Waals surface area contributed by atoms with E-state index in [0.717, 1.165) is 66.1 Å². The van der Waals surface area contributed by atoms with Crippen LogP contribution in [0.3, 0.4) is 0 Å². The molecule has 33 heavy (non-hydrogen) atoms. The summed E-state index contributed by atoms with van der Waals surface area (Å²) < 4.78 is 2.36. The van der Waals surface area contributed by atoms with Crippen molar-refractivity contribution in [3.05, 3.63) is 29.6 Å². The summed E-state index contributed by atoms with van der Waals surface area (Å²) in [5.74, 6) is 1.67. The molecule has 7 nitrogen and oxygen atoms in total. The van der Waals surface area contributed by atoms with Gasteiger partial charge in [0.2, 0.25) is 5.91 Å². The molecule has 2 aromatic rings. The van der Waals surface area contributed by atoms with Crippen LogP contribution in [-0.2, 0) is 16.2 Å². The van der Waals surface area contributed by atoms with Gasteiger partial charge in [0, 0.05) is 54.9 Å². The molecule has 1 saturated heterocycles. The summed E-state index contributed by atoms with van der Waals surface area (Å²) in [6.07, 6.45) is 11.2. The van der Waals surface area contributed by atoms with E-state index in [9.17, 15) is 4.79 Å². The van der Waals surface area contributed by atoms with Crippen LogP contribution in [0.25, 0.3) is 11.0 Å². The lowest BCUT2D eigenvalue weighted by molar-refractivity contribution is -0.119. The molecule has 0 spiro atoms. The summed E-state index contributed by atoms with van der Waals surface area (Å²) in [6.45, 7) is 8.99. The van der Waals surface area contributed by atoms with Crippen LogP contribution in [0.15, 0.2) is 23.5 Å². The molecular formula is C26H39N5O2. The third-order valence-electron chi connectivity index (χ3n) is 7.76. The average Bonchev–Trinajstić information content (AvgIpc) is 3.14. The fourth-order valence-electron chi connectivity index (χ4n) is 5.89. The number of nitrogens with zero attached hydrogens (tertiary/aromatic N) is 4. The second-order valence-corrected chi connectivity index (χ2v) is 10.0. The zero-order chi connectivity index (χ0) is 23.4. The van der Waals surface area contributed by atoms with Crippen LogP contribution in [-0.4, -0.2) is 52.8 Å². The second kappa shape index (κ2) is 10.7. The zero-order valence-electron chi connectivity index (χ0n) is 20.6. The number of likely N-dealkylation sites (tertiary alicyclic amines) is 1. The van der Waals surface area contributed by atoms with Crippen molar-refractivity contribution in [3.63, 3.8) is 0 Å². The number of rotatable bonds is 7. The van der Waals surface area contributed by atoms with E-state index in [-0.39, 0.29) is 5.91 Å². The molecule has 2 aliphatic rings. The van der Waals surface area contributed by atoms with E-state index in [4.69, 9.17) is 9.82 Å². The minimum atomic E-state index is -0.0405. The zero-order valence-corrected chi connectivity index (χ0v) is 20.6. The van der Waals surface area contributed by atoms with E-state index >= 15 is 0 Å². The van der Waals surface area contributed by atoms with Crippen LogP contribution < -0.4 is 5.32 Å². The van der Waals surface area contributed by atoms with Gasteiger partial charge in [-0.15, -0.1) is 0 Å². The molecule has 1 N–H and O–H groups in total. The molecule has 4 rings (SSSR count). The molecule has 0 unspecified atom stereocenters. The highest BCUT2D eigenvalue weighted by molar-refractivity contribution is 6.00. The van der Waals surface area contributed by atoms with Crippen LogP contribution >= 0.6 is 0 Å². The summed E-state index contributed by atoms with van der Waals surface area (Å²) in [7, 11) is 1.55. The van der Waals surface area contributed by atoms with Gasteiger partial charge in [0.25, 0.3) is 0 Å². The molecule has 0 atom stereocenters. The molecule has 2 aromatic heterocycles. The van der Waals surface area contributed by atoms with E-state index in [2.05, 4.69) is 39.9 Å². The molecule has 1 amide bonds. The van der Waals surface area contributed by atoms with Crippen LogP contribution in [0.2, 0.25) is 0 Å². The van der Waals surface area contributed by atoms with E-state index in [0.29, 0.717) is 12.6 Å². The number of hydrogen-bond donors (Lipinski definition) is 1. The SMILES string of the molecule is CON=Cc1c(CNC(C)=O)n(C2CCN(C3CCC(C(C)C)CC3)CC2)c2ncccc12. The summed E-state index contributed by atoms with van der Waals surface area (Å²) in [6, 6.07) is 5.13. The van der Waals surface area contributed by atoms with Crippen LogP contribution in [0.1, 0.15) is 76.6 Å². The summed E-state index contributed by atoms with van der Waals surface area (Å²) in [4.78, 5) is 24.2. The van der Waals surface area contributed by atoms with Gasteiger partial charge in [0.15, 0.2) is 0 Å². The Labute approximate surface area is 197 Å². The third kappa shape index (κ3) is 5.24. The highest BCUT2D eigenvalue weighted by Crippen LogP contribution is 2.36. The molecule has 180 valence electrons. The smallest absolute Gasteiger partial charge is 0.217 e. The maximum atomic E-state index is 11.7. The monoisotopic (exact) mass is 453 g/mol. The fraction of sp³-hybridized carbons (Fsp3) is 0.654. The average molecular weight is 454 g/mol. The van der Waals surface area contributed by atoms with E-state index in [1.807, 2.05) is 12.3 Å². The summed E-state index contributed by atoms with van der Waals surface area (Å²) >= 11 is 0. The molecule has 2 fully saturated rings. The van der Waals surface area contributed by atoms with Crippen molar-refractivity contribution in [2.24, 2.45) is 17.0 Å². The van der Waals surface area contributed by atoms with Gasteiger partial charge in [-0.05, 0) is 62.5 Å². The van der Waals surface area contributed by atoms with Crippen molar-refractivity contribution < 1.29 is 9.63 Å². The Morgan fingerprint density at radius 3 is 2.58 bits per heavy atom. The van der Waals surface area contributed by atoms with Gasteiger partial charge in [0.1, 0.15) is 12.8 Å². The lowest BCUT2D eigenvalue weighted by Crippen LogP contribution is -2.44. The van der Waals surface area contributed by atoms with Crippen LogP contribution in [0.5, 0.6) is 0 Å². The number of aromatic nitrogens is 2. The largest absolute Gasteiger partial charge is 0.399 e. The molecule has 1 aliphatic carbocycles. The predicted molar refractivity (Wildman–Crippen MR) is 132 cm³/mol. The number of nitrogens with one attached hydrogen (secondary N) is 1. The molecule has 0 bridgehead atoms. The van der Waals surface area contributed by atoms with Crippen molar-refractivity contribution in [3.8, 4) is 0 Å². The normalized spacial score (nSPS) is 22.9. The number of fused-ring (bicyclic) bond motifs is 1. The number of oxime groups is 1. The first-order chi connectivity index (χ1) is 16.0. The number of piperidine rings is 1. The van der Waals surface area contributed by atoms with E-state index < -0.39 is 0 Å². The fourth-order valence-corrected chi connectivity index (χ4v) is 5.89. The van der Waals surface area contributed by atoms with Crippen molar-refractivity contribution in [1.29, 1.82) is 0 Å². The Bertz CT molecular complexity index is 966. The Kier molecular flexibility index (Phi) is 7.68. The topological polar surface area (TPSA) is 71.8 Å². The van der Waals surface area contributed by atoms with Gasteiger partial charge in [-0.25, -0.2) is 4.98 Å². The first-order valence-corrected chi connectivity index (χ1v) is 12.5. The molecule has 1 saturated carbocycles. The number of carbonyl (C=O) groups is 1. The Morgan fingerprint density at radius 2 is 1.94 bits per heavy atom. The van der Waals surface area contributed by atoms with Gasteiger partial charge >= 0.3 is 0 Å². The maximum Gasteiger partial charge on any atom is 0.217 e. The summed E-state index contributed by atoms with van der Waals surface area (Å²) in [5.41, 5.74) is 2.99. The molecule has 0 aromatic carbocycles. The van der Waals surface area contributed by atoms with Crippen molar-refractivity contribution in [2.75, 3.05) is 20.2 Å². The van der Waals surface area contributed by atoms with E-state index in [1.165, 1.54) is 25.7 Å². The number of amides is 1. The second-order valence-electron chi connectivity index (χ2n) is 10.0. The van der Waals surface area contributed by atoms with Gasteiger partial charge in [-0.3, -0.25) is 4.79 Å². The first kappa shape index (κ1) is 23.7. The Balaban J connectivity index is 1.55. The van der Waals surface area contributed by atoms with Gasteiger partial charge < -0.3 is 19.6 Å². The molecule has 7 heteroatoms. The highest BCUT2D eigenvalue weighted by Gasteiger charge is 2.32. The number of pyridine rings is 1. The first-order valence-electron chi connectivity index (χ1n) is 12.5. The van der Waals surface area contributed by atoms with E-state index in [1.54, 1.807) is 20.2 Å². The van der Waals surface area contributed by atoms with Crippen molar-refractivity contribution in [2.45, 2.75) is 77.9 Å². The quantitative estimate of drug-likeness (QED) is 0.495. The maximum absolute atomic E-state index is 11.7. The molecular weight excluding hydrogens is 414 g/mol. The van der Waals surface area contributed by atoms with Gasteiger partial charge in [-0.2, -0.15) is 0 Å². The number of hydrogen-bond acceptors (Lipinski definition) is 5. The minimum absolute atomic E-state index is 0.0405. The standard InChI is InChI=1S/C26H39N5O2/c1-18(2)20-7-9-21(10-8-20)30-14-11-22(12-15-30)31-25(17-28-19(3)32)24(16-29-33-4)23-6-5-13-27-26(23)31/h5-6,13,16,18,20-22H,7-12,14-15,17H2,1-4H3,(H,28,32). The molecule has 1 aliphatic heterocycles. The summed E-state index contributed by atoms with van der Waals surface area (Å²) in [5, 5.41) is 8.08. The van der Waals surface area contributed by atoms with Crippen LogP contribution in [0.4, 0.5) is 0 Å². The Hall–Kier alpha value is -2.41. The van der Waals surface area contributed by atoms with Gasteiger partial charge in [0.05, 0.1) is 12.8 Å². The van der Waals surface area contributed by atoms with Gasteiger partial charge in [-0.1, -0.05) is 19.0 Å². The molecule has 3 heterocycles. The lowest BCUT2D eigenvalue weighted by atomic mass is 9.79. The highest BCUT2D eigenvalue weighted by atomic mass is 16.6. The Morgan fingerprint density at radius 1 is 1.21 bits per heavy atom. The lowest BCUT2D eigenvalue weighted by Gasteiger charge is -2.42.